The van der Waals surface area contributed by atoms with Gasteiger partial charge in [-0.2, -0.15) is 5.10 Å². The molecule has 0 aromatic carbocycles. The van der Waals surface area contributed by atoms with E-state index in [1.807, 2.05) is 0 Å². The first-order valence-corrected chi connectivity index (χ1v) is 5.43. The van der Waals surface area contributed by atoms with Crippen molar-refractivity contribution in [3.63, 3.8) is 0 Å². The number of aliphatic carboxylic acids is 1. The normalized spacial score (nSPS) is 10.6. The van der Waals surface area contributed by atoms with E-state index in [0.29, 0.717) is 11.0 Å². The molecule has 2 aromatic heterocycles. The summed E-state index contributed by atoms with van der Waals surface area (Å²) >= 11 is 1.13. The molecule has 0 bridgehead atoms. The van der Waals surface area contributed by atoms with Crippen molar-refractivity contribution < 1.29 is 14.3 Å². The Labute approximate surface area is 95.3 Å². The molecule has 2 rings (SSSR count). The van der Waals surface area contributed by atoms with Gasteiger partial charge in [0.25, 0.3) is 0 Å². The molecule has 1 N–H and O–H groups in total. The average Bonchev–Trinajstić information content (AvgIpc) is 2.83. The smallest absolute Gasteiger partial charge is 0.313 e. The summed E-state index contributed by atoms with van der Waals surface area (Å²) in [4.78, 5) is 14.6. The van der Waals surface area contributed by atoms with Gasteiger partial charge in [0.05, 0.1) is 17.6 Å². The van der Waals surface area contributed by atoms with Crippen LogP contribution in [0.3, 0.4) is 0 Å². The lowest BCUT2D eigenvalue weighted by molar-refractivity contribution is -0.133. The third-order valence-electron chi connectivity index (χ3n) is 1.83. The van der Waals surface area contributed by atoms with Crippen LogP contribution < -0.4 is 0 Å². The Kier molecular flexibility index (Phi) is 2.95. The summed E-state index contributed by atoms with van der Waals surface area (Å²) in [5, 5.41) is 13.3. The van der Waals surface area contributed by atoms with E-state index in [2.05, 4.69) is 10.1 Å². The summed E-state index contributed by atoms with van der Waals surface area (Å²) < 4.78 is 6.48. The SMILES string of the molecule is Cn1nc(-c2ccoc2)nc1SCC(=O)O. The highest BCUT2D eigenvalue weighted by atomic mass is 32.2. The monoisotopic (exact) mass is 239 g/mol. The molecule has 0 atom stereocenters. The van der Waals surface area contributed by atoms with Crippen LogP contribution in [0.25, 0.3) is 11.4 Å². The van der Waals surface area contributed by atoms with Crippen molar-refractivity contribution in [1.82, 2.24) is 14.8 Å². The molecule has 0 amide bonds. The Bertz CT molecular complexity index is 492. The summed E-state index contributed by atoms with van der Waals surface area (Å²) in [6.45, 7) is 0. The molecule has 0 saturated heterocycles. The topological polar surface area (TPSA) is 81.2 Å². The van der Waals surface area contributed by atoms with Crippen LogP contribution in [0.1, 0.15) is 0 Å². The van der Waals surface area contributed by atoms with Crippen LogP contribution in [-0.2, 0) is 11.8 Å². The molecule has 16 heavy (non-hydrogen) atoms. The number of hydrogen-bond donors (Lipinski definition) is 1. The number of aromatic nitrogens is 3. The summed E-state index contributed by atoms with van der Waals surface area (Å²) in [6.07, 6.45) is 3.08. The number of carbonyl (C=O) groups is 1. The lowest BCUT2D eigenvalue weighted by atomic mass is 10.3. The number of rotatable bonds is 4. The largest absolute Gasteiger partial charge is 0.481 e. The first-order valence-electron chi connectivity index (χ1n) is 4.45. The highest BCUT2D eigenvalue weighted by Gasteiger charge is 2.11. The molecule has 0 aliphatic heterocycles. The Morgan fingerprint density at radius 1 is 1.69 bits per heavy atom. The lowest BCUT2D eigenvalue weighted by Crippen LogP contribution is -2.00. The molecular formula is C9H9N3O3S. The first-order chi connectivity index (χ1) is 7.66. The Morgan fingerprint density at radius 2 is 2.50 bits per heavy atom. The fraction of sp³-hybridized carbons (Fsp3) is 0.222. The van der Waals surface area contributed by atoms with Gasteiger partial charge in [-0.15, -0.1) is 0 Å². The fourth-order valence-corrected chi connectivity index (χ4v) is 1.77. The first kappa shape index (κ1) is 10.7. The van der Waals surface area contributed by atoms with Gasteiger partial charge in [-0.25, -0.2) is 9.67 Å². The van der Waals surface area contributed by atoms with E-state index in [4.69, 9.17) is 9.52 Å². The highest BCUT2D eigenvalue weighted by Crippen LogP contribution is 2.20. The van der Waals surface area contributed by atoms with Crippen LogP contribution in [0.2, 0.25) is 0 Å². The number of carboxylic acid groups (broad SMARTS) is 1. The van der Waals surface area contributed by atoms with E-state index in [9.17, 15) is 4.79 Å². The van der Waals surface area contributed by atoms with Crippen LogP contribution >= 0.6 is 11.8 Å². The molecule has 0 saturated carbocycles. The van der Waals surface area contributed by atoms with Crippen molar-refractivity contribution >= 4 is 17.7 Å². The van der Waals surface area contributed by atoms with E-state index >= 15 is 0 Å². The highest BCUT2D eigenvalue weighted by molar-refractivity contribution is 7.99. The van der Waals surface area contributed by atoms with Crippen LogP contribution in [-0.4, -0.2) is 31.6 Å². The zero-order chi connectivity index (χ0) is 11.5. The zero-order valence-corrected chi connectivity index (χ0v) is 9.27. The van der Waals surface area contributed by atoms with Crippen molar-refractivity contribution in [2.45, 2.75) is 5.16 Å². The fourth-order valence-electron chi connectivity index (χ4n) is 1.14. The number of hydrogen-bond acceptors (Lipinski definition) is 5. The van der Waals surface area contributed by atoms with Crippen molar-refractivity contribution in [1.29, 1.82) is 0 Å². The second kappa shape index (κ2) is 4.40. The number of furan rings is 1. The number of carboxylic acids is 1. The van der Waals surface area contributed by atoms with Crippen LogP contribution in [0.5, 0.6) is 0 Å². The molecular weight excluding hydrogens is 230 g/mol. The van der Waals surface area contributed by atoms with E-state index in [1.165, 1.54) is 6.26 Å². The van der Waals surface area contributed by atoms with E-state index in [1.54, 1.807) is 24.1 Å². The molecule has 2 aromatic rings. The molecule has 0 fully saturated rings. The molecule has 0 aliphatic rings. The Hall–Kier alpha value is -1.76. The van der Waals surface area contributed by atoms with Gasteiger partial charge in [-0.3, -0.25) is 4.79 Å². The number of nitrogens with zero attached hydrogens (tertiary/aromatic N) is 3. The zero-order valence-electron chi connectivity index (χ0n) is 8.45. The standard InChI is InChI=1S/C9H9N3O3S/c1-12-9(16-5-7(13)14)10-8(11-12)6-2-3-15-4-6/h2-4H,5H2,1H3,(H,13,14). The van der Waals surface area contributed by atoms with E-state index in [-0.39, 0.29) is 5.75 Å². The molecule has 0 aliphatic carbocycles. The van der Waals surface area contributed by atoms with Gasteiger partial charge in [-0.05, 0) is 6.07 Å². The molecule has 84 valence electrons. The molecule has 0 spiro atoms. The van der Waals surface area contributed by atoms with Crippen LogP contribution in [0.15, 0.2) is 28.2 Å². The molecule has 0 unspecified atom stereocenters. The maximum absolute atomic E-state index is 10.4. The molecule has 7 heteroatoms. The maximum atomic E-state index is 10.4. The van der Waals surface area contributed by atoms with Crippen molar-refractivity contribution in [2.75, 3.05) is 5.75 Å². The lowest BCUT2D eigenvalue weighted by Gasteiger charge is -1.94. The van der Waals surface area contributed by atoms with Gasteiger partial charge in [0.1, 0.15) is 6.26 Å². The quantitative estimate of drug-likeness (QED) is 0.809. The van der Waals surface area contributed by atoms with Crippen LogP contribution in [0.4, 0.5) is 0 Å². The minimum Gasteiger partial charge on any atom is -0.481 e. The number of aryl methyl sites for hydroxylation is 1. The maximum Gasteiger partial charge on any atom is 0.313 e. The predicted molar refractivity (Wildman–Crippen MR) is 57.1 cm³/mol. The Morgan fingerprint density at radius 3 is 3.12 bits per heavy atom. The summed E-state index contributed by atoms with van der Waals surface area (Å²) in [5.74, 6) is -0.376. The van der Waals surface area contributed by atoms with Crippen molar-refractivity contribution in [3.05, 3.63) is 18.6 Å². The molecule has 2 heterocycles. The van der Waals surface area contributed by atoms with Gasteiger partial charge < -0.3 is 9.52 Å². The summed E-state index contributed by atoms with van der Waals surface area (Å²) in [6, 6.07) is 1.75. The molecule has 0 radical (unpaired) electrons. The third-order valence-corrected chi connectivity index (χ3v) is 2.83. The number of thioether (sulfide) groups is 1. The summed E-state index contributed by atoms with van der Waals surface area (Å²) in [5.41, 5.74) is 0.776. The van der Waals surface area contributed by atoms with Crippen LogP contribution in [0, 0.1) is 0 Å². The minimum atomic E-state index is -0.877. The third kappa shape index (κ3) is 2.25. The van der Waals surface area contributed by atoms with Gasteiger partial charge in [-0.1, -0.05) is 11.8 Å². The van der Waals surface area contributed by atoms with Gasteiger partial charge in [0.15, 0.2) is 11.0 Å². The Balaban J connectivity index is 2.19. The molecule has 6 nitrogen and oxygen atoms in total. The summed E-state index contributed by atoms with van der Waals surface area (Å²) in [7, 11) is 1.72. The second-order valence-electron chi connectivity index (χ2n) is 3.04. The second-order valence-corrected chi connectivity index (χ2v) is 3.98. The average molecular weight is 239 g/mol. The van der Waals surface area contributed by atoms with Gasteiger partial charge in [0, 0.05) is 7.05 Å². The van der Waals surface area contributed by atoms with Gasteiger partial charge >= 0.3 is 5.97 Å². The van der Waals surface area contributed by atoms with Gasteiger partial charge in [0.2, 0.25) is 0 Å². The van der Waals surface area contributed by atoms with E-state index < -0.39 is 5.97 Å². The van der Waals surface area contributed by atoms with Crippen molar-refractivity contribution in [2.24, 2.45) is 7.05 Å². The van der Waals surface area contributed by atoms with E-state index in [0.717, 1.165) is 17.3 Å². The minimum absolute atomic E-state index is 0.0304. The predicted octanol–water partition coefficient (Wildman–Crippen LogP) is 1.25. The van der Waals surface area contributed by atoms with Crippen molar-refractivity contribution in [3.8, 4) is 11.4 Å².